The van der Waals surface area contributed by atoms with Crippen molar-refractivity contribution in [2.24, 2.45) is 5.73 Å². The first kappa shape index (κ1) is 14.4. The lowest BCUT2D eigenvalue weighted by molar-refractivity contribution is 0.587. The van der Waals surface area contributed by atoms with Gasteiger partial charge in [0.25, 0.3) is 0 Å². The molecule has 0 heterocycles. The van der Waals surface area contributed by atoms with Crippen molar-refractivity contribution < 1.29 is 8.78 Å². The summed E-state index contributed by atoms with van der Waals surface area (Å²) in [6, 6.07) is 8.56. The van der Waals surface area contributed by atoms with Gasteiger partial charge >= 0.3 is 0 Å². The highest BCUT2D eigenvalue weighted by molar-refractivity contribution is 9.10. The van der Waals surface area contributed by atoms with Gasteiger partial charge in [0.2, 0.25) is 0 Å². The van der Waals surface area contributed by atoms with Gasteiger partial charge in [-0.05, 0) is 51.7 Å². The molecule has 0 fully saturated rings. The lowest BCUT2D eigenvalue weighted by Crippen LogP contribution is -2.15. The van der Waals surface area contributed by atoms with Crippen molar-refractivity contribution in [1.29, 1.82) is 0 Å². The molecule has 2 aromatic carbocycles. The van der Waals surface area contributed by atoms with Gasteiger partial charge in [0.05, 0.1) is 4.47 Å². The third kappa shape index (κ3) is 3.32. The number of nitrogens with two attached hydrogens (primary N) is 1. The quantitative estimate of drug-likeness (QED) is 0.862. The Balaban J connectivity index is 2.25. The van der Waals surface area contributed by atoms with Crippen LogP contribution in [0, 0.1) is 11.6 Å². The fraction of sp³-hybridized carbons (Fsp3) is 0.143. The molecule has 2 rings (SSSR count). The monoisotopic (exact) mass is 345 g/mol. The van der Waals surface area contributed by atoms with Crippen LogP contribution in [0.3, 0.4) is 0 Å². The Morgan fingerprint density at radius 3 is 2.58 bits per heavy atom. The van der Waals surface area contributed by atoms with Crippen LogP contribution in [-0.2, 0) is 6.42 Å². The number of hydrogen-bond donors (Lipinski definition) is 1. The van der Waals surface area contributed by atoms with Crippen molar-refractivity contribution >= 4 is 27.5 Å². The highest BCUT2D eigenvalue weighted by Crippen LogP contribution is 2.28. The summed E-state index contributed by atoms with van der Waals surface area (Å²) in [7, 11) is 0. The molecule has 1 unspecified atom stereocenters. The molecule has 0 aliphatic rings. The maximum atomic E-state index is 13.7. The van der Waals surface area contributed by atoms with Crippen molar-refractivity contribution in [1.82, 2.24) is 0 Å². The summed E-state index contributed by atoms with van der Waals surface area (Å²) in [5.41, 5.74) is 7.07. The van der Waals surface area contributed by atoms with Gasteiger partial charge in [-0.3, -0.25) is 0 Å². The molecule has 19 heavy (non-hydrogen) atoms. The molecule has 1 nitrogen and oxygen atoms in total. The van der Waals surface area contributed by atoms with E-state index >= 15 is 0 Å². The molecule has 0 bridgehead atoms. The minimum Gasteiger partial charge on any atom is -0.324 e. The van der Waals surface area contributed by atoms with Gasteiger partial charge in [0.1, 0.15) is 11.6 Å². The van der Waals surface area contributed by atoms with Crippen LogP contribution in [0.15, 0.2) is 40.9 Å². The molecular formula is C14H11BrClF2N. The summed E-state index contributed by atoms with van der Waals surface area (Å²) in [6.07, 6.45) is 0.269. The minimum absolute atomic E-state index is 0.269. The Kier molecular flexibility index (Phi) is 4.55. The normalized spacial score (nSPS) is 12.5. The Hall–Kier alpha value is -0.970. The predicted molar refractivity (Wildman–Crippen MR) is 76.1 cm³/mol. The Labute approximate surface area is 123 Å². The molecule has 0 saturated heterocycles. The molecule has 2 N–H and O–H groups in total. The summed E-state index contributed by atoms with van der Waals surface area (Å²) in [5, 5.41) is 0.335. The smallest absolute Gasteiger partial charge is 0.137 e. The number of rotatable bonds is 3. The second-order valence-corrected chi connectivity index (χ2v) is 5.42. The van der Waals surface area contributed by atoms with E-state index in [-0.39, 0.29) is 12.2 Å². The zero-order valence-corrected chi connectivity index (χ0v) is 12.2. The van der Waals surface area contributed by atoms with E-state index < -0.39 is 11.9 Å². The standard InChI is InChI=1S/C14H11BrClF2N/c15-14-10(2-1-3-11(14)17)13(19)6-8-4-5-9(16)7-12(8)18/h1-5,7,13H,6,19H2. The van der Waals surface area contributed by atoms with Crippen molar-refractivity contribution in [3.8, 4) is 0 Å². The minimum atomic E-state index is -0.499. The van der Waals surface area contributed by atoms with Crippen LogP contribution < -0.4 is 5.73 Å². The van der Waals surface area contributed by atoms with E-state index in [0.717, 1.165) is 0 Å². The second kappa shape index (κ2) is 5.99. The van der Waals surface area contributed by atoms with Crippen LogP contribution in [-0.4, -0.2) is 0 Å². The van der Waals surface area contributed by atoms with Gasteiger partial charge in [0, 0.05) is 11.1 Å². The summed E-state index contributed by atoms with van der Waals surface area (Å²) in [6.45, 7) is 0. The van der Waals surface area contributed by atoms with Gasteiger partial charge in [-0.1, -0.05) is 29.8 Å². The number of halogens is 4. The summed E-state index contributed by atoms with van der Waals surface area (Å²) in [4.78, 5) is 0. The van der Waals surface area contributed by atoms with E-state index in [2.05, 4.69) is 15.9 Å². The first-order valence-electron chi connectivity index (χ1n) is 5.62. The zero-order valence-electron chi connectivity index (χ0n) is 9.84. The largest absolute Gasteiger partial charge is 0.324 e. The summed E-state index contributed by atoms with van der Waals surface area (Å²) >= 11 is 8.84. The van der Waals surface area contributed by atoms with Crippen molar-refractivity contribution in [3.05, 3.63) is 68.7 Å². The Morgan fingerprint density at radius 2 is 1.89 bits per heavy atom. The van der Waals surface area contributed by atoms with Crippen LogP contribution in [0.25, 0.3) is 0 Å². The molecule has 5 heteroatoms. The van der Waals surface area contributed by atoms with Crippen molar-refractivity contribution in [2.45, 2.75) is 12.5 Å². The molecule has 0 spiro atoms. The summed E-state index contributed by atoms with van der Waals surface area (Å²) < 4.78 is 27.4. The van der Waals surface area contributed by atoms with E-state index in [4.69, 9.17) is 17.3 Å². The topological polar surface area (TPSA) is 26.0 Å². The lowest BCUT2D eigenvalue weighted by atomic mass is 9.99. The van der Waals surface area contributed by atoms with E-state index in [0.29, 0.717) is 20.6 Å². The first-order valence-corrected chi connectivity index (χ1v) is 6.79. The Morgan fingerprint density at radius 1 is 1.16 bits per heavy atom. The van der Waals surface area contributed by atoms with Crippen molar-refractivity contribution in [2.75, 3.05) is 0 Å². The third-order valence-corrected chi connectivity index (χ3v) is 3.91. The molecule has 1 atom stereocenters. The van der Waals surface area contributed by atoms with E-state index in [1.54, 1.807) is 24.3 Å². The molecule has 0 saturated carbocycles. The second-order valence-electron chi connectivity index (χ2n) is 4.19. The average Bonchev–Trinajstić information content (AvgIpc) is 2.36. The first-order chi connectivity index (χ1) is 8.99. The highest BCUT2D eigenvalue weighted by Gasteiger charge is 2.15. The SMILES string of the molecule is NC(Cc1ccc(Cl)cc1F)c1cccc(F)c1Br. The molecule has 2 aromatic rings. The molecular weight excluding hydrogens is 336 g/mol. The van der Waals surface area contributed by atoms with Gasteiger partial charge in [-0.15, -0.1) is 0 Å². The number of benzene rings is 2. The molecule has 0 amide bonds. The molecule has 0 radical (unpaired) electrons. The predicted octanol–water partition coefficient (Wildman–Crippen LogP) is 4.62. The lowest BCUT2D eigenvalue weighted by Gasteiger charge is -2.15. The highest BCUT2D eigenvalue weighted by atomic mass is 79.9. The maximum Gasteiger partial charge on any atom is 0.137 e. The third-order valence-electron chi connectivity index (χ3n) is 2.84. The van der Waals surface area contributed by atoms with E-state index in [1.165, 1.54) is 12.1 Å². The van der Waals surface area contributed by atoms with Crippen LogP contribution >= 0.6 is 27.5 Å². The molecule has 100 valence electrons. The van der Waals surface area contributed by atoms with Crippen LogP contribution in [0.1, 0.15) is 17.2 Å². The van der Waals surface area contributed by atoms with Crippen LogP contribution in [0.4, 0.5) is 8.78 Å². The van der Waals surface area contributed by atoms with E-state index in [1.807, 2.05) is 0 Å². The molecule has 0 aliphatic carbocycles. The van der Waals surface area contributed by atoms with Crippen LogP contribution in [0.5, 0.6) is 0 Å². The van der Waals surface area contributed by atoms with Crippen molar-refractivity contribution in [3.63, 3.8) is 0 Å². The van der Waals surface area contributed by atoms with E-state index in [9.17, 15) is 8.78 Å². The average molecular weight is 347 g/mol. The molecule has 0 aromatic heterocycles. The van der Waals surface area contributed by atoms with Gasteiger partial charge in [-0.2, -0.15) is 0 Å². The van der Waals surface area contributed by atoms with Gasteiger partial charge in [0.15, 0.2) is 0 Å². The zero-order chi connectivity index (χ0) is 14.0. The fourth-order valence-electron chi connectivity index (χ4n) is 1.84. The summed E-state index contributed by atoms with van der Waals surface area (Å²) in [5.74, 6) is -0.792. The van der Waals surface area contributed by atoms with Gasteiger partial charge < -0.3 is 5.73 Å². The fourth-order valence-corrected chi connectivity index (χ4v) is 2.56. The number of hydrogen-bond acceptors (Lipinski definition) is 1. The molecule has 0 aliphatic heterocycles. The van der Waals surface area contributed by atoms with Gasteiger partial charge in [-0.25, -0.2) is 8.78 Å². The maximum absolute atomic E-state index is 13.7. The van der Waals surface area contributed by atoms with Crippen LogP contribution in [0.2, 0.25) is 5.02 Å². The Bertz CT molecular complexity index is 604.